The first-order valence-electron chi connectivity index (χ1n) is 3.67. The van der Waals surface area contributed by atoms with Crippen LogP contribution in [0.25, 0.3) is 10.4 Å². The number of hydrogen-bond acceptors (Lipinski definition) is 3. The minimum atomic E-state index is 1.15. The Hall–Kier alpha value is -1.22. The summed E-state index contributed by atoms with van der Waals surface area (Å²) < 4.78 is 0. The van der Waals surface area contributed by atoms with Crippen LogP contribution < -0.4 is 0 Å². The average molecular weight is 176 g/mol. The van der Waals surface area contributed by atoms with Gasteiger partial charge < -0.3 is 0 Å². The molecule has 0 amide bonds. The quantitative estimate of drug-likeness (QED) is 0.667. The molecule has 0 N–H and O–H groups in total. The number of nitrogens with zero attached hydrogens (tertiary/aromatic N) is 2. The number of aryl methyl sites for hydroxylation is 1. The summed E-state index contributed by atoms with van der Waals surface area (Å²) in [5, 5.41) is 0. The topological polar surface area (TPSA) is 25.8 Å². The van der Waals surface area contributed by atoms with Gasteiger partial charge in [0.2, 0.25) is 0 Å². The molecule has 0 saturated heterocycles. The van der Waals surface area contributed by atoms with E-state index >= 15 is 0 Å². The van der Waals surface area contributed by atoms with Crippen LogP contribution in [0.5, 0.6) is 0 Å². The van der Waals surface area contributed by atoms with Gasteiger partial charge in [-0.15, -0.1) is 11.3 Å². The molecule has 2 aromatic rings. The third kappa shape index (κ3) is 1.36. The highest BCUT2D eigenvalue weighted by atomic mass is 32.1. The Labute approximate surface area is 74.9 Å². The van der Waals surface area contributed by atoms with Crippen molar-refractivity contribution in [1.29, 1.82) is 0 Å². The van der Waals surface area contributed by atoms with Gasteiger partial charge in [0.25, 0.3) is 0 Å². The van der Waals surface area contributed by atoms with Crippen molar-refractivity contribution in [2.45, 2.75) is 6.92 Å². The molecule has 0 saturated carbocycles. The first-order valence-corrected chi connectivity index (χ1v) is 4.55. The number of pyridine rings is 1. The van der Waals surface area contributed by atoms with E-state index in [1.807, 2.05) is 31.0 Å². The largest absolute Gasteiger partial charge is 0.264 e. The summed E-state index contributed by atoms with van der Waals surface area (Å²) in [6.07, 6.45) is 5.58. The highest BCUT2D eigenvalue weighted by Gasteiger charge is 1.98. The van der Waals surface area contributed by atoms with Crippen LogP contribution in [0.4, 0.5) is 0 Å². The maximum absolute atomic E-state index is 4.12. The highest BCUT2D eigenvalue weighted by Crippen LogP contribution is 2.22. The Morgan fingerprint density at radius 2 is 2.08 bits per heavy atom. The molecular formula is C9H8N2S. The van der Waals surface area contributed by atoms with Crippen LogP contribution in [0, 0.1) is 6.92 Å². The van der Waals surface area contributed by atoms with E-state index in [9.17, 15) is 0 Å². The average Bonchev–Trinajstić information content (AvgIpc) is 2.56. The zero-order chi connectivity index (χ0) is 8.39. The molecular weight excluding hydrogens is 168 g/mol. The van der Waals surface area contributed by atoms with E-state index in [1.54, 1.807) is 11.3 Å². The Morgan fingerprint density at radius 3 is 2.75 bits per heavy atom. The summed E-state index contributed by atoms with van der Waals surface area (Å²) in [6.45, 7) is 2.04. The summed E-state index contributed by atoms with van der Waals surface area (Å²) in [4.78, 5) is 9.31. The Morgan fingerprint density at radius 1 is 1.17 bits per heavy atom. The summed E-state index contributed by atoms with van der Waals surface area (Å²) in [5.74, 6) is 0. The van der Waals surface area contributed by atoms with Crippen molar-refractivity contribution < 1.29 is 0 Å². The van der Waals surface area contributed by atoms with Crippen molar-refractivity contribution in [3.63, 3.8) is 0 Å². The van der Waals surface area contributed by atoms with E-state index in [4.69, 9.17) is 0 Å². The highest BCUT2D eigenvalue weighted by molar-refractivity contribution is 7.13. The van der Waals surface area contributed by atoms with Crippen LogP contribution in [-0.2, 0) is 0 Å². The van der Waals surface area contributed by atoms with Crippen LogP contribution >= 0.6 is 11.3 Å². The fraction of sp³-hybridized carbons (Fsp3) is 0.111. The number of aromatic nitrogens is 2. The van der Waals surface area contributed by atoms with Gasteiger partial charge in [-0.05, 0) is 18.6 Å². The predicted molar refractivity (Wildman–Crippen MR) is 50.1 cm³/mol. The molecule has 60 valence electrons. The molecule has 0 bridgehead atoms. The molecule has 12 heavy (non-hydrogen) atoms. The number of thiazole rings is 1. The second-order valence-corrected chi connectivity index (χ2v) is 3.50. The van der Waals surface area contributed by atoms with E-state index in [0.717, 1.165) is 5.56 Å². The minimum absolute atomic E-state index is 1.15. The maximum Gasteiger partial charge on any atom is 0.0797 e. The molecule has 0 unspecified atom stereocenters. The molecule has 2 rings (SSSR count). The van der Waals surface area contributed by atoms with Crippen molar-refractivity contribution in [3.05, 3.63) is 35.7 Å². The normalized spacial score (nSPS) is 10.1. The molecule has 2 nitrogen and oxygen atoms in total. The van der Waals surface area contributed by atoms with Gasteiger partial charge in [0.1, 0.15) is 0 Å². The molecule has 3 heteroatoms. The molecule has 0 aliphatic carbocycles. The van der Waals surface area contributed by atoms with Crippen LogP contribution in [0.3, 0.4) is 0 Å². The lowest BCUT2D eigenvalue weighted by molar-refractivity contribution is 1.27. The van der Waals surface area contributed by atoms with E-state index in [1.165, 1.54) is 10.4 Å². The Balaban J connectivity index is 2.48. The van der Waals surface area contributed by atoms with Crippen molar-refractivity contribution in [1.82, 2.24) is 9.97 Å². The molecule has 0 aliphatic heterocycles. The first kappa shape index (κ1) is 7.43. The lowest BCUT2D eigenvalue weighted by atomic mass is 10.2. The van der Waals surface area contributed by atoms with Crippen LogP contribution in [-0.4, -0.2) is 9.97 Å². The molecule has 0 atom stereocenters. The van der Waals surface area contributed by atoms with Crippen molar-refractivity contribution in [2.75, 3.05) is 0 Å². The fourth-order valence-electron chi connectivity index (χ4n) is 1.05. The van der Waals surface area contributed by atoms with Crippen molar-refractivity contribution in [3.8, 4) is 10.4 Å². The van der Waals surface area contributed by atoms with E-state index in [-0.39, 0.29) is 0 Å². The summed E-state index contributed by atoms with van der Waals surface area (Å²) >= 11 is 1.63. The standard InChI is InChI=1S/C9H8N2S/c1-7-2-8(4-10-3-7)9-5-11-6-12-9/h2-6H,1H3. The van der Waals surface area contributed by atoms with Crippen LogP contribution in [0.2, 0.25) is 0 Å². The lowest BCUT2D eigenvalue weighted by Gasteiger charge is -1.95. The van der Waals surface area contributed by atoms with Gasteiger partial charge in [-0.1, -0.05) is 0 Å². The molecule has 0 radical (unpaired) electrons. The molecule has 2 aromatic heterocycles. The van der Waals surface area contributed by atoms with Gasteiger partial charge >= 0.3 is 0 Å². The molecule has 2 heterocycles. The number of rotatable bonds is 1. The van der Waals surface area contributed by atoms with E-state index in [2.05, 4.69) is 16.0 Å². The van der Waals surface area contributed by atoms with E-state index < -0.39 is 0 Å². The Bertz CT molecular complexity index is 368. The smallest absolute Gasteiger partial charge is 0.0797 e. The third-order valence-corrected chi connectivity index (χ3v) is 2.41. The fourth-order valence-corrected chi connectivity index (χ4v) is 1.65. The minimum Gasteiger partial charge on any atom is -0.264 e. The maximum atomic E-state index is 4.12. The monoisotopic (exact) mass is 176 g/mol. The SMILES string of the molecule is Cc1cncc(-c2cncs2)c1. The zero-order valence-corrected chi connectivity index (χ0v) is 7.51. The first-order chi connectivity index (χ1) is 5.86. The lowest BCUT2D eigenvalue weighted by Crippen LogP contribution is -1.78. The van der Waals surface area contributed by atoms with Crippen LogP contribution in [0.15, 0.2) is 30.2 Å². The van der Waals surface area contributed by atoms with Gasteiger partial charge in [0.15, 0.2) is 0 Å². The zero-order valence-electron chi connectivity index (χ0n) is 6.69. The third-order valence-electron chi connectivity index (χ3n) is 1.59. The summed E-state index contributed by atoms with van der Waals surface area (Å²) in [6, 6.07) is 2.11. The number of hydrogen-bond donors (Lipinski definition) is 0. The summed E-state index contributed by atoms with van der Waals surface area (Å²) in [5.41, 5.74) is 4.16. The van der Waals surface area contributed by atoms with Gasteiger partial charge in [0.05, 0.1) is 10.4 Å². The van der Waals surface area contributed by atoms with Gasteiger partial charge in [-0.2, -0.15) is 0 Å². The predicted octanol–water partition coefficient (Wildman–Crippen LogP) is 2.51. The van der Waals surface area contributed by atoms with Gasteiger partial charge in [-0.3, -0.25) is 9.97 Å². The van der Waals surface area contributed by atoms with Gasteiger partial charge in [0, 0.05) is 24.2 Å². The molecule has 0 aliphatic rings. The second-order valence-electron chi connectivity index (χ2n) is 2.62. The summed E-state index contributed by atoms with van der Waals surface area (Å²) in [7, 11) is 0. The molecule has 0 aromatic carbocycles. The molecule has 0 fully saturated rings. The molecule has 0 spiro atoms. The van der Waals surface area contributed by atoms with Crippen molar-refractivity contribution in [2.24, 2.45) is 0 Å². The second kappa shape index (κ2) is 3.03. The Kier molecular flexibility index (Phi) is 1.87. The van der Waals surface area contributed by atoms with Gasteiger partial charge in [-0.25, -0.2) is 0 Å². The van der Waals surface area contributed by atoms with E-state index in [0.29, 0.717) is 0 Å². The van der Waals surface area contributed by atoms with Crippen molar-refractivity contribution >= 4 is 11.3 Å². The van der Waals surface area contributed by atoms with Crippen LogP contribution in [0.1, 0.15) is 5.56 Å².